The van der Waals surface area contributed by atoms with E-state index in [1.165, 1.54) is 0 Å². The Bertz CT molecular complexity index is 1220. The van der Waals surface area contributed by atoms with Crippen molar-refractivity contribution in [3.05, 3.63) is 54.2 Å². The Labute approximate surface area is 192 Å². The molecule has 33 heavy (non-hydrogen) atoms. The Morgan fingerprint density at radius 3 is 2.24 bits per heavy atom. The molecule has 7 nitrogen and oxygen atoms in total. The zero-order valence-corrected chi connectivity index (χ0v) is 18.9. The first-order valence-corrected chi connectivity index (χ1v) is 11.8. The maximum atomic E-state index is 13.0. The molecular formula is C26H28N4O3. The average Bonchev–Trinajstić information content (AvgIpc) is 3.45. The second-order valence-electron chi connectivity index (χ2n) is 9.78. The molecule has 0 atom stereocenters. The van der Waals surface area contributed by atoms with Crippen LogP contribution in [0.15, 0.2) is 48.7 Å². The Kier molecular flexibility index (Phi) is 4.76. The van der Waals surface area contributed by atoms with Gasteiger partial charge in [-0.25, -0.2) is 0 Å². The normalized spacial score (nSPS) is 20.0. The molecule has 3 heterocycles. The van der Waals surface area contributed by atoms with Crippen molar-refractivity contribution in [1.29, 1.82) is 0 Å². The molecule has 2 amide bonds. The molecule has 1 aromatic heterocycles. The zero-order valence-electron chi connectivity index (χ0n) is 18.9. The summed E-state index contributed by atoms with van der Waals surface area (Å²) in [5.41, 5.74) is 3.82. The van der Waals surface area contributed by atoms with E-state index in [1.54, 1.807) is 0 Å². The van der Waals surface area contributed by atoms with Crippen LogP contribution in [0.3, 0.4) is 0 Å². The number of benzene rings is 2. The standard InChI is InChI=1S/C26H28N4O3/c1-26(8-9-26)25(32)29-12-10-28(11-13-29)24(31)19-4-2-18(3-5-19)20-6-7-21-15-27-30(23(21)14-20)22-16-33-17-22/h2-7,14-15,22H,8-13,16-17H2,1H3. The van der Waals surface area contributed by atoms with Crippen LogP contribution in [0.2, 0.25) is 0 Å². The maximum Gasteiger partial charge on any atom is 0.253 e. The Morgan fingerprint density at radius 1 is 0.939 bits per heavy atom. The lowest BCUT2D eigenvalue weighted by Gasteiger charge is -2.36. The van der Waals surface area contributed by atoms with E-state index >= 15 is 0 Å². The number of ether oxygens (including phenoxy) is 1. The van der Waals surface area contributed by atoms with E-state index in [1.807, 2.05) is 51.9 Å². The van der Waals surface area contributed by atoms with Crippen LogP contribution in [0.5, 0.6) is 0 Å². The molecule has 6 rings (SSSR count). The Balaban J connectivity index is 1.15. The van der Waals surface area contributed by atoms with Crippen LogP contribution in [0.4, 0.5) is 0 Å². The van der Waals surface area contributed by atoms with Gasteiger partial charge in [-0.1, -0.05) is 31.2 Å². The van der Waals surface area contributed by atoms with Crippen molar-refractivity contribution in [2.75, 3.05) is 39.4 Å². The predicted octanol–water partition coefficient (Wildman–Crippen LogP) is 3.36. The average molecular weight is 445 g/mol. The minimum atomic E-state index is -0.144. The molecule has 2 saturated heterocycles. The smallest absolute Gasteiger partial charge is 0.253 e. The molecule has 0 spiro atoms. The largest absolute Gasteiger partial charge is 0.377 e. The molecule has 0 bridgehead atoms. The number of hydrogen-bond acceptors (Lipinski definition) is 4. The van der Waals surface area contributed by atoms with Gasteiger partial charge in [0.15, 0.2) is 0 Å². The monoisotopic (exact) mass is 444 g/mol. The van der Waals surface area contributed by atoms with Gasteiger partial charge in [0.1, 0.15) is 0 Å². The number of fused-ring (bicyclic) bond motifs is 1. The third-order valence-corrected chi connectivity index (χ3v) is 7.40. The summed E-state index contributed by atoms with van der Waals surface area (Å²) in [6.45, 7) is 5.89. The van der Waals surface area contributed by atoms with Crippen LogP contribution >= 0.6 is 0 Å². The van der Waals surface area contributed by atoms with Crippen LogP contribution in [0.25, 0.3) is 22.0 Å². The van der Waals surface area contributed by atoms with Gasteiger partial charge in [-0.2, -0.15) is 5.10 Å². The third-order valence-electron chi connectivity index (χ3n) is 7.40. The van der Waals surface area contributed by atoms with Gasteiger partial charge in [0.05, 0.1) is 31.0 Å². The highest BCUT2D eigenvalue weighted by molar-refractivity contribution is 5.95. The first-order valence-electron chi connectivity index (χ1n) is 11.8. The summed E-state index contributed by atoms with van der Waals surface area (Å²) < 4.78 is 7.38. The fraction of sp³-hybridized carbons (Fsp3) is 0.423. The predicted molar refractivity (Wildman–Crippen MR) is 125 cm³/mol. The van der Waals surface area contributed by atoms with Crippen molar-refractivity contribution in [2.45, 2.75) is 25.8 Å². The molecule has 3 aliphatic rings. The molecule has 170 valence electrons. The lowest BCUT2D eigenvalue weighted by Crippen LogP contribution is -2.52. The number of amides is 2. The van der Waals surface area contributed by atoms with Gasteiger partial charge >= 0.3 is 0 Å². The minimum absolute atomic E-state index is 0.0322. The summed E-state index contributed by atoms with van der Waals surface area (Å²) in [5, 5.41) is 5.65. The fourth-order valence-corrected chi connectivity index (χ4v) is 4.76. The van der Waals surface area contributed by atoms with E-state index in [0.29, 0.717) is 51.0 Å². The van der Waals surface area contributed by atoms with E-state index in [9.17, 15) is 9.59 Å². The highest BCUT2D eigenvalue weighted by Crippen LogP contribution is 2.46. The van der Waals surface area contributed by atoms with Crippen molar-refractivity contribution in [3.8, 4) is 11.1 Å². The summed E-state index contributed by atoms with van der Waals surface area (Å²) in [6, 6.07) is 14.5. The molecular weight excluding hydrogens is 416 g/mol. The molecule has 0 unspecified atom stereocenters. The van der Waals surface area contributed by atoms with Gasteiger partial charge in [-0.05, 0) is 42.2 Å². The number of carbonyl (C=O) groups is 2. The summed E-state index contributed by atoms with van der Waals surface area (Å²) in [6.07, 6.45) is 3.88. The fourth-order valence-electron chi connectivity index (χ4n) is 4.76. The van der Waals surface area contributed by atoms with Gasteiger partial charge in [-0.15, -0.1) is 0 Å². The van der Waals surface area contributed by atoms with Crippen LogP contribution in [-0.2, 0) is 9.53 Å². The third kappa shape index (κ3) is 3.60. The quantitative estimate of drug-likeness (QED) is 0.619. The molecule has 1 aliphatic carbocycles. The Hall–Kier alpha value is -3.19. The molecule has 2 aliphatic heterocycles. The van der Waals surface area contributed by atoms with Crippen molar-refractivity contribution in [2.24, 2.45) is 5.41 Å². The van der Waals surface area contributed by atoms with E-state index in [-0.39, 0.29) is 17.2 Å². The topological polar surface area (TPSA) is 67.7 Å². The van der Waals surface area contributed by atoms with Crippen LogP contribution in [-0.4, -0.2) is 70.8 Å². The summed E-state index contributed by atoms with van der Waals surface area (Å²) >= 11 is 0. The van der Waals surface area contributed by atoms with Gasteiger partial charge in [0, 0.05) is 42.5 Å². The second kappa shape index (κ2) is 7.70. The van der Waals surface area contributed by atoms with Crippen LogP contribution in [0, 0.1) is 5.41 Å². The number of nitrogens with zero attached hydrogens (tertiary/aromatic N) is 4. The number of hydrogen-bond donors (Lipinski definition) is 0. The molecule has 0 N–H and O–H groups in total. The molecule has 3 aromatic rings. The van der Waals surface area contributed by atoms with Crippen LogP contribution < -0.4 is 0 Å². The first-order chi connectivity index (χ1) is 16.0. The highest BCUT2D eigenvalue weighted by Gasteiger charge is 2.47. The van der Waals surface area contributed by atoms with Crippen molar-refractivity contribution < 1.29 is 14.3 Å². The lowest BCUT2D eigenvalue weighted by molar-refractivity contribution is -0.137. The highest BCUT2D eigenvalue weighted by atomic mass is 16.5. The van der Waals surface area contributed by atoms with Gasteiger partial charge < -0.3 is 14.5 Å². The number of aromatic nitrogens is 2. The van der Waals surface area contributed by atoms with E-state index in [2.05, 4.69) is 23.3 Å². The zero-order chi connectivity index (χ0) is 22.6. The van der Waals surface area contributed by atoms with Gasteiger partial charge in [-0.3, -0.25) is 14.3 Å². The van der Waals surface area contributed by atoms with E-state index in [0.717, 1.165) is 34.9 Å². The Morgan fingerprint density at radius 2 is 1.61 bits per heavy atom. The van der Waals surface area contributed by atoms with Crippen molar-refractivity contribution in [3.63, 3.8) is 0 Å². The summed E-state index contributed by atoms with van der Waals surface area (Å²) in [4.78, 5) is 29.4. The molecule has 2 aromatic carbocycles. The molecule has 7 heteroatoms. The maximum absolute atomic E-state index is 13.0. The lowest BCUT2D eigenvalue weighted by atomic mass is 10.0. The van der Waals surface area contributed by atoms with Gasteiger partial charge in [0.2, 0.25) is 5.91 Å². The van der Waals surface area contributed by atoms with Gasteiger partial charge in [0.25, 0.3) is 5.91 Å². The van der Waals surface area contributed by atoms with E-state index in [4.69, 9.17) is 4.74 Å². The summed E-state index contributed by atoms with van der Waals surface area (Å²) in [7, 11) is 0. The van der Waals surface area contributed by atoms with Crippen molar-refractivity contribution >= 4 is 22.7 Å². The first kappa shape index (κ1) is 20.4. The van der Waals surface area contributed by atoms with Crippen molar-refractivity contribution in [1.82, 2.24) is 19.6 Å². The summed E-state index contributed by atoms with van der Waals surface area (Å²) in [5.74, 6) is 0.284. The van der Waals surface area contributed by atoms with E-state index < -0.39 is 0 Å². The SMILES string of the molecule is CC1(C(=O)N2CCN(C(=O)c3ccc(-c4ccc5cnn(C6COC6)c5c4)cc3)CC2)CC1. The van der Waals surface area contributed by atoms with Crippen LogP contribution in [0.1, 0.15) is 36.2 Å². The molecule has 0 radical (unpaired) electrons. The number of carbonyl (C=O) groups excluding carboxylic acids is 2. The number of piperazine rings is 1. The molecule has 1 saturated carbocycles. The second-order valence-corrected chi connectivity index (χ2v) is 9.78. The molecule has 3 fully saturated rings. The minimum Gasteiger partial charge on any atom is -0.377 e. The number of rotatable bonds is 4.